The van der Waals surface area contributed by atoms with E-state index in [9.17, 15) is 4.79 Å². The molecule has 0 heterocycles. The number of hydrogen-bond donors (Lipinski definition) is 0. The summed E-state index contributed by atoms with van der Waals surface area (Å²) >= 11 is 0. The maximum Gasteiger partial charge on any atom is 0.132 e. The second-order valence-corrected chi connectivity index (χ2v) is 2.10. The quantitative estimate of drug-likeness (QED) is 0.459. The molecule has 0 unspecified atom stereocenters. The Morgan fingerprint density at radius 3 is 1.75 bits per heavy atom. The summed E-state index contributed by atoms with van der Waals surface area (Å²) in [6.45, 7) is 0. The average molecular weight is 138 g/mol. The van der Waals surface area contributed by atoms with E-state index in [0.717, 1.165) is 25.7 Å². The maximum atomic E-state index is 10.5. The maximum absolute atomic E-state index is 10.5. The summed E-state index contributed by atoms with van der Waals surface area (Å²) in [5, 5.41) is 0. The van der Waals surface area contributed by atoms with Crippen LogP contribution in [0.3, 0.4) is 0 Å². The van der Waals surface area contributed by atoms with Gasteiger partial charge in [-0.25, -0.2) is 0 Å². The monoisotopic (exact) mass is 138 g/mol. The zero-order valence-electron chi connectivity index (χ0n) is 5.15. The van der Waals surface area contributed by atoms with Crippen LogP contribution < -0.4 is 0 Å². The minimum atomic E-state index is 0. The van der Waals surface area contributed by atoms with Gasteiger partial charge in [-0.3, -0.25) is 4.79 Å². The smallest absolute Gasteiger partial charge is 0.132 e. The molecular formula is C6H10CaO. The van der Waals surface area contributed by atoms with E-state index in [-0.39, 0.29) is 37.7 Å². The Kier molecular flexibility index (Phi) is 5.33. The topological polar surface area (TPSA) is 17.1 Å². The Labute approximate surface area is 79.8 Å². The van der Waals surface area contributed by atoms with Gasteiger partial charge in [0.05, 0.1) is 0 Å². The van der Waals surface area contributed by atoms with Crippen molar-refractivity contribution in [1.82, 2.24) is 0 Å². The van der Waals surface area contributed by atoms with Crippen molar-refractivity contribution in [2.24, 2.45) is 0 Å². The SMILES string of the molecule is O=C1CCCCC1.[Ca]. The molecule has 0 aromatic rings. The van der Waals surface area contributed by atoms with Crippen LogP contribution in [-0.4, -0.2) is 43.5 Å². The van der Waals surface area contributed by atoms with Crippen LogP contribution in [0.5, 0.6) is 0 Å². The molecule has 1 aliphatic carbocycles. The molecule has 0 aliphatic heterocycles. The predicted molar refractivity (Wildman–Crippen MR) is 33.8 cm³/mol. The molecule has 42 valence electrons. The number of hydrogen-bond acceptors (Lipinski definition) is 1. The number of carbonyl (C=O) groups is 1. The fraction of sp³-hybridized carbons (Fsp3) is 0.833. The summed E-state index contributed by atoms with van der Waals surface area (Å²) in [6.07, 6.45) is 5.24. The van der Waals surface area contributed by atoms with Gasteiger partial charge in [-0.05, 0) is 12.8 Å². The first-order chi connectivity index (χ1) is 3.39. The Morgan fingerprint density at radius 2 is 1.50 bits per heavy atom. The molecule has 1 aliphatic rings. The van der Waals surface area contributed by atoms with E-state index in [1.165, 1.54) is 6.42 Å². The van der Waals surface area contributed by atoms with Gasteiger partial charge in [0.15, 0.2) is 0 Å². The molecule has 0 aromatic carbocycles. The van der Waals surface area contributed by atoms with E-state index in [4.69, 9.17) is 0 Å². The first-order valence-electron chi connectivity index (χ1n) is 2.91. The summed E-state index contributed by atoms with van der Waals surface area (Å²) in [6, 6.07) is 0. The van der Waals surface area contributed by atoms with E-state index in [1.807, 2.05) is 0 Å². The summed E-state index contributed by atoms with van der Waals surface area (Å²) in [5.41, 5.74) is 0. The van der Waals surface area contributed by atoms with Crippen molar-refractivity contribution in [2.75, 3.05) is 0 Å². The number of carbonyl (C=O) groups excluding carboxylic acids is 1. The summed E-state index contributed by atoms with van der Waals surface area (Å²) in [7, 11) is 0. The van der Waals surface area contributed by atoms with Crippen molar-refractivity contribution in [3.05, 3.63) is 0 Å². The Morgan fingerprint density at radius 1 is 1.00 bits per heavy atom. The first-order valence-corrected chi connectivity index (χ1v) is 2.91. The average Bonchev–Trinajstić information content (AvgIpc) is 1.69. The molecule has 2 heteroatoms. The molecule has 2 radical (unpaired) electrons. The van der Waals surface area contributed by atoms with E-state index in [1.54, 1.807) is 0 Å². The van der Waals surface area contributed by atoms with Gasteiger partial charge in [-0.1, -0.05) is 6.42 Å². The number of Topliss-reactive ketones (excluding diaryl/α,β-unsaturated/α-hetero) is 1. The van der Waals surface area contributed by atoms with Gasteiger partial charge in [0, 0.05) is 50.6 Å². The largest absolute Gasteiger partial charge is 0.300 e. The summed E-state index contributed by atoms with van der Waals surface area (Å²) < 4.78 is 0. The van der Waals surface area contributed by atoms with Crippen LogP contribution in [0.4, 0.5) is 0 Å². The van der Waals surface area contributed by atoms with Crippen LogP contribution in [0, 0.1) is 0 Å². The predicted octanol–water partition coefficient (Wildman–Crippen LogP) is 1.14. The molecule has 0 spiro atoms. The third-order valence-electron chi connectivity index (χ3n) is 1.41. The van der Waals surface area contributed by atoms with Gasteiger partial charge in [0.25, 0.3) is 0 Å². The third kappa shape index (κ3) is 3.06. The molecule has 1 saturated carbocycles. The van der Waals surface area contributed by atoms with Crippen LogP contribution in [0.15, 0.2) is 0 Å². The minimum Gasteiger partial charge on any atom is -0.300 e. The van der Waals surface area contributed by atoms with Gasteiger partial charge in [0.2, 0.25) is 0 Å². The van der Waals surface area contributed by atoms with Crippen molar-refractivity contribution in [1.29, 1.82) is 0 Å². The first kappa shape index (κ1) is 8.93. The second-order valence-electron chi connectivity index (χ2n) is 2.10. The summed E-state index contributed by atoms with van der Waals surface area (Å²) in [5.74, 6) is 0.464. The van der Waals surface area contributed by atoms with Crippen LogP contribution in [0.25, 0.3) is 0 Å². The van der Waals surface area contributed by atoms with Crippen LogP contribution in [0.1, 0.15) is 32.1 Å². The van der Waals surface area contributed by atoms with Gasteiger partial charge >= 0.3 is 0 Å². The standard InChI is InChI=1S/C6H10O.Ca/c7-6-4-2-1-3-5-6;/h1-5H2;. The Bertz CT molecular complexity index is 72.6. The van der Waals surface area contributed by atoms with Crippen molar-refractivity contribution < 1.29 is 4.79 Å². The van der Waals surface area contributed by atoms with Gasteiger partial charge in [-0.2, -0.15) is 0 Å². The molecule has 1 fully saturated rings. The number of ketones is 1. The fourth-order valence-electron chi connectivity index (χ4n) is 0.946. The van der Waals surface area contributed by atoms with Crippen molar-refractivity contribution in [2.45, 2.75) is 32.1 Å². The molecule has 0 saturated heterocycles. The van der Waals surface area contributed by atoms with Gasteiger partial charge in [0.1, 0.15) is 5.78 Å². The zero-order chi connectivity index (χ0) is 5.11. The Hall–Kier alpha value is 0.930. The molecule has 1 nitrogen and oxygen atoms in total. The molecule has 0 amide bonds. The van der Waals surface area contributed by atoms with E-state index < -0.39 is 0 Å². The summed E-state index contributed by atoms with van der Waals surface area (Å²) in [4.78, 5) is 10.5. The van der Waals surface area contributed by atoms with E-state index in [2.05, 4.69) is 0 Å². The third-order valence-corrected chi connectivity index (χ3v) is 1.41. The van der Waals surface area contributed by atoms with Crippen molar-refractivity contribution in [3.63, 3.8) is 0 Å². The van der Waals surface area contributed by atoms with Crippen LogP contribution in [0.2, 0.25) is 0 Å². The van der Waals surface area contributed by atoms with Crippen molar-refractivity contribution >= 4 is 43.5 Å². The van der Waals surface area contributed by atoms with Crippen molar-refractivity contribution in [3.8, 4) is 0 Å². The molecule has 8 heavy (non-hydrogen) atoms. The molecule has 0 bridgehead atoms. The molecule has 1 rings (SSSR count). The van der Waals surface area contributed by atoms with Crippen LogP contribution >= 0.6 is 0 Å². The molecular weight excluding hydrogens is 128 g/mol. The van der Waals surface area contributed by atoms with Crippen LogP contribution in [-0.2, 0) is 4.79 Å². The second kappa shape index (κ2) is 4.78. The minimum absolute atomic E-state index is 0. The number of rotatable bonds is 0. The van der Waals surface area contributed by atoms with E-state index >= 15 is 0 Å². The molecule has 0 aromatic heterocycles. The zero-order valence-corrected chi connectivity index (χ0v) is 7.36. The molecule has 0 N–H and O–H groups in total. The fourth-order valence-corrected chi connectivity index (χ4v) is 0.946. The Balaban J connectivity index is 0.000000490. The van der Waals surface area contributed by atoms with E-state index in [0.29, 0.717) is 5.78 Å². The van der Waals surface area contributed by atoms with Gasteiger partial charge in [-0.15, -0.1) is 0 Å². The van der Waals surface area contributed by atoms with Gasteiger partial charge < -0.3 is 0 Å². The molecule has 0 atom stereocenters. The normalized spacial score (nSPS) is 19.8.